The molecule has 0 aliphatic heterocycles. The monoisotopic (exact) mass is 516 g/mol. The van der Waals surface area contributed by atoms with Crippen molar-refractivity contribution >= 4 is 34.4 Å². The van der Waals surface area contributed by atoms with Crippen LogP contribution in [0.1, 0.15) is 43.1 Å². The number of esters is 2. The predicted molar refractivity (Wildman–Crippen MR) is 145 cm³/mol. The van der Waals surface area contributed by atoms with E-state index in [1.165, 1.54) is 12.7 Å². The third-order valence-corrected chi connectivity index (χ3v) is 6.29. The van der Waals surface area contributed by atoms with E-state index in [9.17, 15) is 9.59 Å². The van der Waals surface area contributed by atoms with Crippen molar-refractivity contribution in [3.63, 3.8) is 0 Å². The molecule has 0 radical (unpaired) electrons. The number of fused-ring (bicyclic) bond motifs is 1. The number of methoxy groups -OCH3 is 1. The molecule has 6 nitrogen and oxygen atoms in total. The second kappa shape index (κ2) is 11.1. The SMILES string of the molecule is COC(=O)c1cc(-c2ccc(-c3ccc(CCCOC(=O)C(C)(C)C)cc3)cc2)nc2ccnc(Cl)c12. The summed E-state index contributed by atoms with van der Waals surface area (Å²) in [4.78, 5) is 33.1. The van der Waals surface area contributed by atoms with Crippen molar-refractivity contribution in [2.45, 2.75) is 33.6 Å². The maximum Gasteiger partial charge on any atom is 0.338 e. The van der Waals surface area contributed by atoms with Gasteiger partial charge in [-0.25, -0.2) is 14.8 Å². The van der Waals surface area contributed by atoms with E-state index in [1.54, 1.807) is 18.3 Å². The van der Waals surface area contributed by atoms with Gasteiger partial charge in [-0.2, -0.15) is 0 Å². The largest absolute Gasteiger partial charge is 0.465 e. The highest BCUT2D eigenvalue weighted by Crippen LogP contribution is 2.30. The molecule has 4 aromatic rings. The van der Waals surface area contributed by atoms with Crippen molar-refractivity contribution < 1.29 is 19.1 Å². The normalized spacial score (nSPS) is 11.4. The van der Waals surface area contributed by atoms with Gasteiger partial charge in [-0.3, -0.25) is 4.79 Å². The number of benzene rings is 2. The van der Waals surface area contributed by atoms with Crippen molar-refractivity contribution in [3.05, 3.63) is 83.1 Å². The Bertz CT molecular complexity index is 1430. The molecular weight excluding hydrogens is 488 g/mol. The van der Waals surface area contributed by atoms with Crippen molar-refractivity contribution in [1.29, 1.82) is 0 Å². The molecule has 0 aliphatic rings. The highest BCUT2D eigenvalue weighted by Gasteiger charge is 2.22. The molecule has 0 saturated carbocycles. The highest BCUT2D eigenvalue weighted by molar-refractivity contribution is 6.35. The van der Waals surface area contributed by atoms with Crippen molar-refractivity contribution in [2.24, 2.45) is 5.41 Å². The number of aryl methyl sites for hydroxylation is 1. The number of pyridine rings is 2. The van der Waals surface area contributed by atoms with Gasteiger partial charge in [-0.05, 0) is 62.4 Å². The molecule has 0 atom stereocenters. The van der Waals surface area contributed by atoms with Gasteiger partial charge in [0.25, 0.3) is 0 Å². The van der Waals surface area contributed by atoms with Crippen LogP contribution >= 0.6 is 11.6 Å². The number of carbonyl (C=O) groups is 2. The van der Waals surface area contributed by atoms with E-state index in [0.29, 0.717) is 28.8 Å². The first-order valence-corrected chi connectivity index (χ1v) is 12.5. The number of ether oxygens (including phenoxy) is 2. The minimum absolute atomic E-state index is 0.174. The van der Waals surface area contributed by atoms with Gasteiger partial charge in [-0.15, -0.1) is 0 Å². The summed E-state index contributed by atoms with van der Waals surface area (Å²) >= 11 is 6.25. The van der Waals surface area contributed by atoms with Crippen LogP contribution in [0.15, 0.2) is 66.9 Å². The van der Waals surface area contributed by atoms with Gasteiger partial charge in [0.1, 0.15) is 5.15 Å². The maximum absolute atomic E-state index is 12.4. The lowest BCUT2D eigenvalue weighted by molar-refractivity contribution is -0.153. The Labute approximate surface area is 221 Å². The van der Waals surface area contributed by atoms with E-state index in [1.807, 2.05) is 45.0 Å². The molecule has 0 unspecified atom stereocenters. The number of hydrogen-bond acceptors (Lipinski definition) is 6. The van der Waals surface area contributed by atoms with Gasteiger partial charge in [0.05, 0.1) is 41.3 Å². The average molecular weight is 517 g/mol. The van der Waals surface area contributed by atoms with Gasteiger partial charge >= 0.3 is 11.9 Å². The van der Waals surface area contributed by atoms with Crippen LogP contribution in [0.3, 0.4) is 0 Å². The molecule has 0 N–H and O–H groups in total. The molecule has 0 fully saturated rings. The fraction of sp³-hybridized carbons (Fsp3) is 0.267. The van der Waals surface area contributed by atoms with Gasteiger partial charge < -0.3 is 9.47 Å². The quantitative estimate of drug-likeness (QED) is 0.151. The minimum atomic E-state index is -0.493. The van der Waals surface area contributed by atoms with Gasteiger partial charge in [0.2, 0.25) is 0 Å². The van der Waals surface area contributed by atoms with Crippen molar-refractivity contribution in [1.82, 2.24) is 9.97 Å². The molecule has 0 bridgehead atoms. The molecule has 2 aromatic carbocycles. The first kappa shape index (κ1) is 26.3. The summed E-state index contributed by atoms with van der Waals surface area (Å²) < 4.78 is 10.3. The summed E-state index contributed by atoms with van der Waals surface area (Å²) in [6, 6.07) is 19.8. The fourth-order valence-corrected chi connectivity index (χ4v) is 4.17. The van der Waals surface area contributed by atoms with E-state index < -0.39 is 11.4 Å². The Balaban J connectivity index is 1.47. The lowest BCUT2D eigenvalue weighted by Crippen LogP contribution is -2.23. The zero-order valence-electron chi connectivity index (χ0n) is 21.4. The molecule has 0 spiro atoms. The van der Waals surface area contributed by atoms with E-state index in [0.717, 1.165) is 29.5 Å². The van der Waals surface area contributed by atoms with Crippen LogP contribution in [0.2, 0.25) is 5.15 Å². The van der Waals surface area contributed by atoms with Crippen LogP contribution in [0.4, 0.5) is 0 Å². The molecule has 190 valence electrons. The standard InChI is InChI=1S/C30H29ClN2O4/c1-30(2,3)29(35)37-17-5-6-19-7-9-20(10-8-19)21-11-13-22(14-12-21)25-18-23(28(34)36-4)26-24(33-25)15-16-32-27(26)31/h7-16,18H,5-6,17H2,1-4H3. The number of rotatable bonds is 7. The van der Waals surface area contributed by atoms with Gasteiger partial charge in [0.15, 0.2) is 0 Å². The Morgan fingerprint density at radius 1 is 0.919 bits per heavy atom. The Morgan fingerprint density at radius 2 is 1.54 bits per heavy atom. The summed E-state index contributed by atoms with van der Waals surface area (Å²) in [7, 11) is 1.33. The van der Waals surface area contributed by atoms with Crippen LogP contribution in [0.25, 0.3) is 33.3 Å². The zero-order valence-corrected chi connectivity index (χ0v) is 22.1. The molecule has 0 saturated heterocycles. The number of carbonyl (C=O) groups excluding carboxylic acids is 2. The average Bonchev–Trinajstić information content (AvgIpc) is 2.90. The smallest absolute Gasteiger partial charge is 0.338 e. The first-order chi connectivity index (χ1) is 17.7. The topological polar surface area (TPSA) is 78.4 Å². The predicted octanol–water partition coefficient (Wildman–Crippen LogP) is 6.93. The molecule has 37 heavy (non-hydrogen) atoms. The zero-order chi connectivity index (χ0) is 26.6. The molecule has 0 amide bonds. The second-order valence-electron chi connectivity index (χ2n) is 9.81. The molecule has 7 heteroatoms. The number of nitrogens with zero attached hydrogens (tertiary/aromatic N) is 2. The summed E-state index contributed by atoms with van der Waals surface area (Å²) in [6.45, 7) is 5.98. The third-order valence-electron chi connectivity index (χ3n) is 6.00. The third kappa shape index (κ3) is 6.15. The summed E-state index contributed by atoms with van der Waals surface area (Å²) in [6.07, 6.45) is 3.18. The molecule has 4 rings (SSSR count). The molecular formula is C30H29ClN2O4. The van der Waals surface area contributed by atoms with Crippen LogP contribution in [0.5, 0.6) is 0 Å². The van der Waals surface area contributed by atoms with Gasteiger partial charge in [0, 0.05) is 11.8 Å². The van der Waals surface area contributed by atoms with Crippen LogP contribution in [-0.2, 0) is 20.7 Å². The van der Waals surface area contributed by atoms with Crippen LogP contribution in [-0.4, -0.2) is 35.6 Å². The van der Waals surface area contributed by atoms with Gasteiger partial charge in [-0.1, -0.05) is 60.1 Å². The van der Waals surface area contributed by atoms with Crippen molar-refractivity contribution in [3.8, 4) is 22.4 Å². The molecule has 0 aliphatic carbocycles. The lowest BCUT2D eigenvalue weighted by Gasteiger charge is -2.16. The first-order valence-electron chi connectivity index (χ1n) is 12.1. The van der Waals surface area contributed by atoms with E-state index in [-0.39, 0.29) is 11.1 Å². The molecule has 2 aromatic heterocycles. The Morgan fingerprint density at radius 3 is 2.16 bits per heavy atom. The Hall–Kier alpha value is -3.77. The van der Waals surface area contributed by atoms with E-state index in [4.69, 9.17) is 26.1 Å². The maximum atomic E-state index is 12.4. The summed E-state index contributed by atoms with van der Waals surface area (Å²) in [5.41, 5.74) is 5.28. The number of hydrogen-bond donors (Lipinski definition) is 0. The second-order valence-corrected chi connectivity index (χ2v) is 10.2. The number of aromatic nitrogens is 2. The molecule has 2 heterocycles. The summed E-state index contributed by atoms with van der Waals surface area (Å²) in [5, 5.41) is 0.686. The van der Waals surface area contributed by atoms with E-state index >= 15 is 0 Å². The van der Waals surface area contributed by atoms with Crippen LogP contribution < -0.4 is 0 Å². The van der Waals surface area contributed by atoms with Crippen LogP contribution in [0, 0.1) is 5.41 Å². The summed E-state index contributed by atoms with van der Waals surface area (Å²) in [5.74, 6) is -0.667. The van der Waals surface area contributed by atoms with E-state index in [2.05, 4.69) is 29.2 Å². The highest BCUT2D eigenvalue weighted by atomic mass is 35.5. The lowest BCUT2D eigenvalue weighted by atomic mass is 9.97. The minimum Gasteiger partial charge on any atom is -0.465 e. The Kier molecular flexibility index (Phi) is 7.89. The fourth-order valence-electron chi connectivity index (χ4n) is 3.91. The number of halogens is 1. The van der Waals surface area contributed by atoms with Crippen molar-refractivity contribution in [2.75, 3.05) is 13.7 Å².